The van der Waals surface area contributed by atoms with E-state index in [4.69, 9.17) is 15.0 Å². The van der Waals surface area contributed by atoms with Crippen LogP contribution in [0, 0.1) is 11.3 Å². The molecule has 0 saturated heterocycles. The van der Waals surface area contributed by atoms with Crippen molar-refractivity contribution in [3.8, 4) is 22.3 Å². The molecule has 9 rings (SSSR count). The molecule has 0 spiro atoms. The molecule has 4 aliphatic rings. The van der Waals surface area contributed by atoms with E-state index in [1.165, 1.54) is 27.8 Å². The van der Waals surface area contributed by atoms with Crippen LogP contribution in [0.2, 0.25) is 0 Å². The maximum Gasteiger partial charge on any atom is 0.155 e. The summed E-state index contributed by atoms with van der Waals surface area (Å²) in [5, 5.41) is 3.92. The van der Waals surface area contributed by atoms with Gasteiger partial charge in [-0.15, -0.1) is 0 Å². The first kappa shape index (κ1) is 32.8. The number of amidine groups is 2. The third kappa shape index (κ3) is 6.69. The lowest BCUT2D eigenvalue weighted by Crippen LogP contribution is -2.43. The number of allylic oxidation sites excluding steroid dienone is 4. The molecule has 5 aromatic carbocycles. The molecule has 2 heterocycles. The predicted octanol–water partition coefficient (Wildman–Crippen LogP) is 11.4. The number of hydrogen-bond acceptors (Lipinski definition) is 4. The van der Waals surface area contributed by atoms with Gasteiger partial charge in [-0.3, -0.25) is 4.99 Å². The van der Waals surface area contributed by atoms with Gasteiger partial charge >= 0.3 is 0 Å². The van der Waals surface area contributed by atoms with E-state index in [1.807, 2.05) is 0 Å². The standard InChI is InChI=1S/C49H42N4/c1-49(29-11-4-12-30-49)46-42-23-9-10-24-43(42)50-47(53-46)37-27-25-36(26-28-37)44-33-45(40-21-13-19-38(31-40)34-15-5-2-6-16-34)52-48(51-44)41-22-14-20-39(32-41)35-17-7-3-8-18-35/h2-27,29,31-32,37,44,46H,28,30,33H2,1H3,(H,50,53). The number of aliphatic imine (C=N–C) groups is 3. The van der Waals surface area contributed by atoms with Crippen molar-refractivity contribution in [3.05, 3.63) is 198 Å². The smallest absolute Gasteiger partial charge is 0.155 e. The number of para-hydroxylation sites is 1. The average molecular weight is 687 g/mol. The molecule has 4 unspecified atom stereocenters. The summed E-state index contributed by atoms with van der Waals surface area (Å²) < 4.78 is 0. The highest BCUT2D eigenvalue weighted by Crippen LogP contribution is 2.45. The Hall–Kier alpha value is -6.13. The zero-order valence-corrected chi connectivity index (χ0v) is 29.9. The number of benzene rings is 5. The maximum absolute atomic E-state index is 5.37. The van der Waals surface area contributed by atoms with Gasteiger partial charge in [0.15, 0.2) is 5.84 Å². The van der Waals surface area contributed by atoms with Crippen molar-refractivity contribution in [1.82, 2.24) is 5.32 Å². The SMILES string of the molecule is CC1(C2NC(C3C=CC(C4CC(c5cccc(-c6ccccc6)c5)=NC(c5cccc(-c6ccccc6)c5)=N4)=CC3)=Nc3ccccc32)C=CC=CC1. The highest BCUT2D eigenvalue weighted by Gasteiger charge is 2.38. The summed E-state index contributed by atoms with van der Waals surface area (Å²) in [5.74, 6) is 1.97. The van der Waals surface area contributed by atoms with Crippen molar-refractivity contribution in [3.63, 3.8) is 0 Å². The molecule has 53 heavy (non-hydrogen) atoms. The lowest BCUT2D eigenvalue weighted by Gasteiger charge is -2.41. The molecule has 2 aliphatic carbocycles. The Morgan fingerprint density at radius 3 is 2.02 bits per heavy atom. The molecule has 0 saturated carbocycles. The van der Waals surface area contributed by atoms with Crippen molar-refractivity contribution in [2.24, 2.45) is 26.3 Å². The molecule has 0 bridgehead atoms. The summed E-state index contributed by atoms with van der Waals surface area (Å²) in [5.41, 5.74) is 11.5. The lowest BCUT2D eigenvalue weighted by molar-refractivity contribution is 0.312. The van der Waals surface area contributed by atoms with Crippen LogP contribution in [-0.4, -0.2) is 23.4 Å². The van der Waals surface area contributed by atoms with Gasteiger partial charge in [-0.1, -0.05) is 165 Å². The van der Waals surface area contributed by atoms with Crippen LogP contribution in [0.4, 0.5) is 5.69 Å². The van der Waals surface area contributed by atoms with E-state index >= 15 is 0 Å². The molecule has 4 atom stereocenters. The van der Waals surface area contributed by atoms with Crippen LogP contribution < -0.4 is 5.32 Å². The number of hydrogen-bond donors (Lipinski definition) is 1. The lowest BCUT2D eigenvalue weighted by atomic mass is 9.73. The minimum Gasteiger partial charge on any atom is -0.365 e. The molecule has 5 aromatic rings. The van der Waals surface area contributed by atoms with Gasteiger partial charge in [0, 0.05) is 28.9 Å². The summed E-state index contributed by atoms with van der Waals surface area (Å²) in [7, 11) is 0. The van der Waals surface area contributed by atoms with E-state index in [1.54, 1.807) is 0 Å². The Bertz CT molecular complexity index is 2380. The van der Waals surface area contributed by atoms with Gasteiger partial charge in [-0.2, -0.15) is 0 Å². The van der Waals surface area contributed by atoms with E-state index in [-0.39, 0.29) is 23.4 Å². The van der Waals surface area contributed by atoms with Gasteiger partial charge < -0.3 is 5.32 Å². The molecule has 0 radical (unpaired) electrons. The van der Waals surface area contributed by atoms with E-state index in [9.17, 15) is 0 Å². The maximum atomic E-state index is 5.37. The molecule has 4 heteroatoms. The largest absolute Gasteiger partial charge is 0.365 e. The molecule has 0 aromatic heterocycles. The van der Waals surface area contributed by atoms with Crippen molar-refractivity contribution in [2.75, 3.05) is 0 Å². The topological polar surface area (TPSA) is 49.1 Å². The fourth-order valence-electron chi connectivity index (χ4n) is 8.05. The van der Waals surface area contributed by atoms with Crippen LogP contribution in [-0.2, 0) is 0 Å². The summed E-state index contributed by atoms with van der Waals surface area (Å²) in [6, 6.07) is 47.2. The first-order valence-corrected chi connectivity index (χ1v) is 18.7. The normalized spacial score (nSPS) is 23.2. The molecule has 258 valence electrons. The Labute approximate surface area is 312 Å². The van der Waals surface area contributed by atoms with E-state index in [2.05, 4.69) is 188 Å². The van der Waals surface area contributed by atoms with Crippen molar-refractivity contribution < 1.29 is 0 Å². The second kappa shape index (κ2) is 14.1. The highest BCUT2D eigenvalue weighted by atomic mass is 15.1. The van der Waals surface area contributed by atoms with Crippen LogP contribution in [0.15, 0.2) is 197 Å². The Morgan fingerprint density at radius 1 is 0.660 bits per heavy atom. The molecular formula is C49H42N4. The van der Waals surface area contributed by atoms with Gasteiger partial charge in [-0.05, 0) is 64.4 Å². The van der Waals surface area contributed by atoms with Crippen molar-refractivity contribution in [1.29, 1.82) is 0 Å². The Balaban J connectivity index is 1.03. The highest BCUT2D eigenvalue weighted by molar-refractivity contribution is 6.15. The monoisotopic (exact) mass is 686 g/mol. The summed E-state index contributed by atoms with van der Waals surface area (Å²) in [6.07, 6.45) is 18.5. The molecule has 1 N–H and O–H groups in total. The molecule has 4 nitrogen and oxygen atoms in total. The van der Waals surface area contributed by atoms with Gasteiger partial charge in [-0.25, -0.2) is 9.98 Å². The number of fused-ring (bicyclic) bond motifs is 1. The van der Waals surface area contributed by atoms with Crippen LogP contribution in [0.25, 0.3) is 22.3 Å². The van der Waals surface area contributed by atoms with Crippen LogP contribution in [0.5, 0.6) is 0 Å². The Morgan fingerprint density at radius 2 is 1.32 bits per heavy atom. The van der Waals surface area contributed by atoms with Gasteiger partial charge in [0.25, 0.3) is 0 Å². The quantitative estimate of drug-likeness (QED) is 0.182. The minimum atomic E-state index is -0.0525. The van der Waals surface area contributed by atoms with E-state index in [0.29, 0.717) is 0 Å². The first-order chi connectivity index (χ1) is 26.1. The first-order valence-electron chi connectivity index (χ1n) is 18.7. The van der Waals surface area contributed by atoms with Crippen molar-refractivity contribution in [2.45, 2.75) is 38.3 Å². The fraction of sp³-hybridized carbons (Fsp3) is 0.163. The van der Waals surface area contributed by atoms with Gasteiger partial charge in [0.05, 0.1) is 23.5 Å². The van der Waals surface area contributed by atoms with Crippen LogP contribution >= 0.6 is 0 Å². The fourth-order valence-corrected chi connectivity index (χ4v) is 8.05. The Kier molecular flexibility index (Phi) is 8.73. The van der Waals surface area contributed by atoms with E-state index < -0.39 is 0 Å². The second-order valence-corrected chi connectivity index (χ2v) is 14.7. The zero-order chi connectivity index (χ0) is 35.6. The number of nitrogens with one attached hydrogen (secondary N) is 1. The summed E-state index contributed by atoms with van der Waals surface area (Å²) in [4.78, 5) is 15.8. The van der Waals surface area contributed by atoms with Gasteiger partial charge in [0.1, 0.15) is 5.84 Å². The van der Waals surface area contributed by atoms with E-state index in [0.717, 1.165) is 59.0 Å². The number of rotatable bonds is 7. The van der Waals surface area contributed by atoms with Gasteiger partial charge in [0.2, 0.25) is 0 Å². The second-order valence-electron chi connectivity index (χ2n) is 14.7. The third-order valence-electron chi connectivity index (χ3n) is 11.0. The molecular weight excluding hydrogens is 645 g/mol. The van der Waals surface area contributed by atoms with Crippen LogP contribution in [0.3, 0.4) is 0 Å². The summed E-state index contributed by atoms with van der Waals surface area (Å²) in [6.45, 7) is 2.35. The van der Waals surface area contributed by atoms with Crippen molar-refractivity contribution >= 4 is 23.1 Å². The predicted molar refractivity (Wildman–Crippen MR) is 221 cm³/mol. The third-order valence-corrected chi connectivity index (χ3v) is 11.0. The summed E-state index contributed by atoms with van der Waals surface area (Å²) >= 11 is 0. The van der Waals surface area contributed by atoms with Crippen LogP contribution in [0.1, 0.15) is 48.9 Å². The number of nitrogens with zero attached hydrogens (tertiary/aromatic N) is 3. The zero-order valence-electron chi connectivity index (χ0n) is 29.9. The molecule has 2 aliphatic heterocycles. The molecule has 0 amide bonds. The molecule has 0 fully saturated rings. The average Bonchev–Trinajstić information content (AvgIpc) is 3.24. The minimum absolute atomic E-state index is 0.0377.